The van der Waals surface area contributed by atoms with Gasteiger partial charge >= 0.3 is 36.2 Å². The van der Waals surface area contributed by atoms with Gasteiger partial charge in [0.05, 0.1) is 43.1 Å². The molecule has 2 saturated heterocycles. The van der Waals surface area contributed by atoms with Crippen molar-refractivity contribution >= 4 is 56.9 Å². The number of amides is 5. The van der Waals surface area contributed by atoms with Crippen LogP contribution in [0.5, 0.6) is 0 Å². The first kappa shape index (κ1) is 56.9. The lowest BCUT2D eigenvalue weighted by atomic mass is 10.0. The van der Waals surface area contributed by atoms with Crippen LogP contribution < -0.4 is 15.1 Å². The fourth-order valence-electron chi connectivity index (χ4n) is 10.1. The van der Waals surface area contributed by atoms with Gasteiger partial charge < -0.3 is 19.5 Å². The van der Waals surface area contributed by atoms with E-state index in [2.05, 4.69) is 38.6 Å². The Labute approximate surface area is 472 Å². The number of alkyl halides is 6. The van der Waals surface area contributed by atoms with E-state index < -0.39 is 36.5 Å². The van der Waals surface area contributed by atoms with Crippen LogP contribution in [0.15, 0.2) is 150 Å². The number of Topliss-reactive ketones (excluding diaryl/α,β-unsaturated/α-hetero) is 1. The van der Waals surface area contributed by atoms with Crippen LogP contribution in [0, 0.1) is 0 Å². The molecule has 0 spiro atoms. The number of anilines is 2. The Morgan fingerprint density at radius 3 is 1.37 bits per heavy atom. The Kier molecular flexibility index (Phi) is 16.7. The minimum Gasteiger partial charge on any atom is -0.413 e. The van der Waals surface area contributed by atoms with Crippen molar-refractivity contribution in [3.8, 4) is 33.7 Å². The van der Waals surface area contributed by atoms with Gasteiger partial charge in [-0.3, -0.25) is 28.8 Å². The highest BCUT2D eigenvalue weighted by molar-refractivity contribution is 6.00. The van der Waals surface area contributed by atoms with Crippen molar-refractivity contribution < 1.29 is 49.9 Å². The number of halogens is 6. The van der Waals surface area contributed by atoms with E-state index in [4.69, 9.17) is 4.42 Å². The number of aromatic nitrogens is 6. The van der Waals surface area contributed by atoms with Gasteiger partial charge in [-0.15, -0.1) is 10.2 Å². The average molecular weight is 1140 g/mol. The number of benzene rings is 6. The van der Waals surface area contributed by atoms with Gasteiger partial charge in [0.1, 0.15) is 0 Å². The molecule has 11 rings (SSSR count). The van der Waals surface area contributed by atoms with Crippen LogP contribution in [0.4, 0.5) is 47.3 Å². The van der Waals surface area contributed by atoms with E-state index in [0.29, 0.717) is 37.4 Å². The lowest BCUT2D eigenvalue weighted by molar-refractivity contribution is -0.173. The van der Waals surface area contributed by atoms with Gasteiger partial charge in [-0.05, 0) is 120 Å². The predicted molar refractivity (Wildman–Crippen MR) is 301 cm³/mol. The summed E-state index contributed by atoms with van der Waals surface area (Å²) >= 11 is 0. The van der Waals surface area contributed by atoms with Crippen LogP contribution in [-0.4, -0.2) is 102 Å². The first-order valence-electron chi connectivity index (χ1n) is 27.0. The molecule has 2 fully saturated rings. The minimum absolute atomic E-state index is 0.0791. The first-order valence-corrected chi connectivity index (χ1v) is 27.0. The Morgan fingerprint density at radius 2 is 0.952 bits per heavy atom. The smallest absolute Gasteiger partial charge is 0.413 e. The van der Waals surface area contributed by atoms with Gasteiger partial charge in [0.15, 0.2) is 5.78 Å². The molecule has 16 nitrogen and oxygen atoms in total. The molecule has 83 heavy (non-hydrogen) atoms. The number of aryl methyl sites for hydroxylation is 2. The number of rotatable bonds is 12. The summed E-state index contributed by atoms with van der Waals surface area (Å²) in [5.41, 5.74) is 9.66. The van der Waals surface area contributed by atoms with E-state index in [1.165, 1.54) is 12.1 Å². The van der Waals surface area contributed by atoms with Crippen molar-refractivity contribution in [1.82, 2.24) is 44.9 Å². The van der Waals surface area contributed by atoms with Crippen LogP contribution in [0.2, 0.25) is 0 Å². The van der Waals surface area contributed by atoms with Crippen LogP contribution in [-0.2, 0) is 38.2 Å². The second kappa shape index (κ2) is 24.4. The quantitative estimate of drug-likeness (QED) is 0.0924. The van der Waals surface area contributed by atoms with Crippen LogP contribution in [0.3, 0.4) is 0 Å². The molecule has 2 aliphatic rings. The number of likely N-dealkylation sites (tertiary alicyclic amines) is 2. The summed E-state index contributed by atoms with van der Waals surface area (Å²) in [5.74, 6) is -4.42. The zero-order chi connectivity index (χ0) is 58.4. The van der Waals surface area contributed by atoms with Gasteiger partial charge in [0, 0.05) is 73.5 Å². The van der Waals surface area contributed by atoms with Gasteiger partial charge in [-0.25, -0.2) is 9.59 Å². The molecule has 3 aromatic heterocycles. The van der Waals surface area contributed by atoms with E-state index in [0.717, 1.165) is 99.4 Å². The Bertz CT molecular complexity index is 3750. The standard InChI is InChI=1S/C31H30F3N5O3.C30H27F3N6O2/c1-37-27-17-24(9-10-25(27)18-36-37)22-11-13-26(14-12-22)39(30(42)38-15-3-2-4-16-38)20-21-5-7-23(8-6-21)28(40)19-35-29(41)31(32,33)34;1-37-26-17-23(9-10-24(26)18-34-37)21-11-13-25(14-12-21)39(29(40)38-15-3-2-4-16-38)19-20-5-7-22(8-6-20)27-35-36-28(41-27)30(31,32)33/h5-14,17-18H,2-4,15-16,19-20H2,1H3,(H,35,41);5-14,17-18H,2-4,15-16,19H2,1H3. The van der Waals surface area contributed by atoms with Gasteiger partial charge in [0.2, 0.25) is 5.89 Å². The third-order valence-corrected chi connectivity index (χ3v) is 14.7. The zero-order valence-corrected chi connectivity index (χ0v) is 45.3. The number of hydrogen-bond donors (Lipinski definition) is 1. The minimum atomic E-state index is -5.06. The normalized spacial score (nSPS) is 13.8. The van der Waals surface area contributed by atoms with E-state index in [9.17, 15) is 45.5 Å². The van der Waals surface area contributed by atoms with Crippen LogP contribution in [0.25, 0.3) is 55.5 Å². The average Bonchev–Trinajstić information content (AvgIpc) is 4.48. The molecule has 0 unspecified atom stereocenters. The fourth-order valence-corrected chi connectivity index (χ4v) is 10.1. The molecule has 0 atom stereocenters. The molecule has 428 valence electrons. The molecule has 5 amide bonds. The summed E-state index contributed by atoms with van der Waals surface area (Å²) in [6.07, 6.45) is -0.109. The Hall–Kier alpha value is -9.34. The number of urea groups is 2. The SMILES string of the molecule is Cn1ncc2ccc(-c3ccc(N(Cc4ccc(-c5nnc(C(F)(F)F)o5)cc4)C(=O)N4CCCCC4)cc3)cc21.Cn1ncc2ccc(-c3ccc(N(Cc4ccc(C(=O)CNC(=O)C(F)(F)F)cc4)C(=O)N4CCCCC4)cc3)cc21. The first-order chi connectivity index (χ1) is 39.9. The molecule has 0 aliphatic carbocycles. The van der Waals surface area contributed by atoms with E-state index in [1.807, 2.05) is 112 Å². The molecule has 5 heterocycles. The molecule has 1 N–H and O–H groups in total. The highest BCUT2D eigenvalue weighted by Crippen LogP contribution is 2.33. The molecule has 6 aromatic carbocycles. The van der Waals surface area contributed by atoms with Crippen molar-refractivity contribution in [2.75, 3.05) is 42.5 Å². The maximum atomic E-state index is 13.7. The van der Waals surface area contributed by atoms with Crippen LogP contribution >= 0.6 is 0 Å². The number of nitrogens with zero attached hydrogens (tertiary/aromatic N) is 10. The monoisotopic (exact) mass is 1140 g/mol. The highest BCUT2D eigenvalue weighted by atomic mass is 19.4. The highest BCUT2D eigenvalue weighted by Gasteiger charge is 2.39. The van der Waals surface area contributed by atoms with E-state index in [-0.39, 0.29) is 36.6 Å². The van der Waals surface area contributed by atoms with Crippen molar-refractivity contribution in [1.29, 1.82) is 0 Å². The number of ketones is 1. The fraction of sp³-hybridized carbons (Fsp3) is 0.279. The largest absolute Gasteiger partial charge is 0.471 e. The number of carbonyl (C=O) groups excluding carboxylic acids is 4. The zero-order valence-electron chi connectivity index (χ0n) is 45.3. The Morgan fingerprint density at radius 1 is 0.530 bits per heavy atom. The topological polar surface area (TPSA) is 168 Å². The third-order valence-electron chi connectivity index (χ3n) is 14.7. The Balaban J connectivity index is 0.000000185. The summed E-state index contributed by atoms with van der Waals surface area (Å²) in [7, 11) is 3.81. The molecule has 0 bridgehead atoms. The predicted octanol–water partition coefficient (Wildman–Crippen LogP) is 12.6. The molecule has 22 heteroatoms. The molecular weight excluding hydrogens is 1080 g/mol. The molecule has 0 radical (unpaired) electrons. The maximum Gasteiger partial charge on any atom is 0.471 e. The number of hydrogen-bond acceptors (Lipinski definition) is 9. The van der Waals surface area contributed by atoms with Crippen molar-refractivity contribution in [3.05, 3.63) is 168 Å². The number of nitrogens with one attached hydrogen (secondary N) is 1. The van der Waals surface area contributed by atoms with Gasteiger partial charge in [-0.1, -0.05) is 84.9 Å². The number of fused-ring (bicyclic) bond motifs is 2. The molecule has 2 aliphatic heterocycles. The van der Waals surface area contributed by atoms with E-state index >= 15 is 0 Å². The van der Waals surface area contributed by atoms with Gasteiger partial charge in [-0.2, -0.15) is 36.5 Å². The maximum absolute atomic E-state index is 13.7. The summed E-state index contributed by atoms with van der Waals surface area (Å²) < 4.78 is 84.3. The van der Waals surface area contributed by atoms with Crippen LogP contribution in [0.1, 0.15) is 65.9 Å². The second-order valence-electron chi connectivity index (χ2n) is 20.4. The summed E-state index contributed by atoms with van der Waals surface area (Å²) in [6.45, 7) is 2.51. The summed E-state index contributed by atoms with van der Waals surface area (Å²) in [5, 5.41) is 18.9. The van der Waals surface area contributed by atoms with Crippen molar-refractivity contribution in [2.45, 2.75) is 64.0 Å². The summed E-state index contributed by atoms with van der Waals surface area (Å²) in [4.78, 5) is 57.9. The molecular formula is C61H57F6N11O5. The van der Waals surface area contributed by atoms with E-state index in [1.54, 1.807) is 51.5 Å². The van der Waals surface area contributed by atoms with Gasteiger partial charge in [0.25, 0.3) is 0 Å². The third kappa shape index (κ3) is 13.4. The van der Waals surface area contributed by atoms with Crippen molar-refractivity contribution in [2.24, 2.45) is 14.1 Å². The second-order valence-corrected chi connectivity index (χ2v) is 20.4. The summed E-state index contributed by atoms with van der Waals surface area (Å²) in [6, 6.07) is 40.8. The molecule has 9 aromatic rings. The number of piperidine rings is 2. The molecule has 0 saturated carbocycles. The lowest BCUT2D eigenvalue weighted by Gasteiger charge is -2.33. The lowest BCUT2D eigenvalue weighted by Crippen LogP contribution is -2.45. The van der Waals surface area contributed by atoms with Crippen molar-refractivity contribution in [3.63, 3.8) is 0 Å². The number of carbonyl (C=O) groups is 4.